The SMILES string of the molecule is CCCCCCCCC(=O)Oc1ccc(-c2cccc(F)c2F)c(-c2ccc(CCCCCCC)cc2)c1. The van der Waals surface area contributed by atoms with Crippen LogP contribution in [0.15, 0.2) is 60.7 Å². The Kier molecular flexibility index (Phi) is 12.5. The molecule has 0 aromatic heterocycles. The smallest absolute Gasteiger partial charge is 0.311 e. The van der Waals surface area contributed by atoms with Gasteiger partial charge in [0.1, 0.15) is 5.75 Å². The molecule has 0 amide bonds. The normalized spacial score (nSPS) is 11.1. The summed E-state index contributed by atoms with van der Waals surface area (Å²) in [6.07, 6.45) is 14.1. The molecule has 0 saturated heterocycles. The lowest BCUT2D eigenvalue weighted by Gasteiger charge is -2.14. The van der Waals surface area contributed by atoms with E-state index < -0.39 is 11.6 Å². The first kappa shape index (κ1) is 29.5. The van der Waals surface area contributed by atoms with E-state index in [4.69, 9.17) is 4.74 Å². The Labute approximate surface area is 227 Å². The lowest BCUT2D eigenvalue weighted by molar-refractivity contribution is -0.134. The summed E-state index contributed by atoms with van der Waals surface area (Å²) in [5, 5.41) is 0. The van der Waals surface area contributed by atoms with Gasteiger partial charge in [0.25, 0.3) is 0 Å². The highest BCUT2D eigenvalue weighted by Crippen LogP contribution is 2.37. The number of rotatable bonds is 16. The lowest BCUT2D eigenvalue weighted by Crippen LogP contribution is -2.07. The lowest BCUT2D eigenvalue weighted by atomic mass is 9.93. The molecule has 204 valence electrons. The van der Waals surface area contributed by atoms with Gasteiger partial charge in [-0.25, -0.2) is 8.78 Å². The van der Waals surface area contributed by atoms with E-state index in [1.54, 1.807) is 24.3 Å². The van der Waals surface area contributed by atoms with E-state index in [0.717, 1.165) is 43.7 Å². The van der Waals surface area contributed by atoms with E-state index in [9.17, 15) is 13.6 Å². The summed E-state index contributed by atoms with van der Waals surface area (Å²) < 4.78 is 34.5. The molecule has 4 heteroatoms. The molecule has 0 aliphatic rings. The molecular formula is C34H42F2O2. The maximum atomic E-state index is 14.8. The van der Waals surface area contributed by atoms with Crippen molar-refractivity contribution in [1.29, 1.82) is 0 Å². The third kappa shape index (κ3) is 9.08. The van der Waals surface area contributed by atoms with Gasteiger partial charge in [-0.1, -0.05) is 108 Å². The molecule has 0 atom stereocenters. The average molecular weight is 521 g/mol. The van der Waals surface area contributed by atoms with Crippen molar-refractivity contribution >= 4 is 5.97 Å². The zero-order valence-corrected chi connectivity index (χ0v) is 23.0. The second-order valence-corrected chi connectivity index (χ2v) is 10.2. The molecule has 0 N–H and O–H groups in total. The summed E-state index contributed by atoms with van der Waals surface area (Å²) in [5.74, 6) is -1.63. The first-order chi connectivity index (χ1) is 18.5. The van der Waals surface area contributed by atoms with Crippen LogP contribution in [0.2, 0.25) is 0 Å². The summed E-state index contributed by atoms with van der Waals surface area (Å²) in [5.41, 5.74) is 3.57. The van der Waals surface area contributed by atoms with Crippen LogP contribution in [0.5, 0.6) is 5.75 Å². The van der Waals surface area contributed by atoms with Crippen LogP contribution in [0.3, 0.4) is 0 Å². The van der Waals surface area contributed by atoms with E-state index in [1.807, 2.05) is 12.1 Å². The number of hydrogen-bond donors (Lipinski definition) is 0. The van der Waals surface area contributed by atoms with Crippen LogP contribution in [0.4, 0.5) is 8.78 Å². The molecule has 0 saturated carbocycles. The van der Waals surface area contributed by atoms with Crippen molar-refractivity contribution < 1.29 is 18.3 Å². The Bertz CT molecular complexity index is 1140. The number of carbonyl (C=O) groups is 1. The van der Waals surface area contributed by atoms with Crippen molar-refractivity contribution in [3.63, 3.8) is 0 Å². The Morgan fingerprint density at radius 3 is 2.05 bits per heavy atom. The van der Waals surface area contributed by atoms with E-state index in [2.05, 4.69) is 26.0 Å². The molecule has 0 unspecified atom stereocenters. The van der Waals surface area contributed by atoms with Gasteiger partial charge in [0.05, 0.1) is 0 Å². The van der Waals surface area contributed by atoms with Crippen LogP contribution < -0.4 is 4.74 Å². The number of aryl methyl sites for hydroxylation is 1. The number of ether oxygens (including phenoxy) is 1. The third-order valence-corrected chi connectivity index (χ3v) is 7.03. The number of unbranched alkanes of at least 4 members (excludes halogenated alkanes) is 9. The van der Waals surface area contributed by atoms with Crippen molar-refractivity contribution in [3.8, 4) is 28.0 Å². The van der Waals surface area contributed by atoms with Gasteiger partial charge in [-0.3, -0.25) is 4.79 Å². The zero-order valence-electron chi connectivity index (χ0n) is 23.0. The van der Waals surface area contributed by atoms with Gasteiger partial charge in [0, 0.05) is 12.0 Å². The highest BCUT2D eigenvalue weighted by atomic mass is 19.2. The second-order valence-electron chi connectivity index (χ2n) is 10.2. The van der Waals surface area contributed by atoms with Crippen LogP contribution in [0.1, 0.15) is 96.5 Å². The van der Waals surface area contributed by atoms with E-state index in [-0.39, 0.29) is 11.5 Å². The van der Waals surface area contributed by atoms with Crippen molar-refractivity contribution in [2.75, 3.05) is 0 Å². The van der Waals surface area contributed by atoms with Gasteiger partial charge in [-0.05, 0) is 65.8 Å². The van der Waals surface area contributed by atoms with E-state index >= 15 is 0 Å². The minimum atomic E-state index is -0.888. The fourth-order valence-corrected chi connectivity index (χ4v) is 4.79. The topological polar surface area (TPSA) is 26.3 Å². The summed E-state index contributed by atoms with van der Waals surface area (Å²) in [6.45, 7) is 4.40. The molecule has 2 nitrogen and oxygen atoms in total. The molecular weight excluding hydrogens is 478 g/mol. The van der Waals surface area contributed by atoms with Crippen LogP contribution >= 0.6 is 0 Å². The molecule has 3 aromatic carbocycles. The minimum Gasteiger partial charge on any atom is -0.427 e. The van der Waals surface area contributed by atoms with Gasteiger partial charge in [-0.15, -0.1) is 0 Å². The van der Waals surface area contributed by atoms with Gasteiger partial charge in [0.15, 0.2) is 11.6 Å². The Morgan fingerprint density at radius 2 is 1.34 bits per heavy atom. The van der Waals surface area contributed by atoms with Crippen LogP contribution in [-0.2, 0) is 11.2 Å². The fraction of sp³-hybridized carbons (Fsp3) is 0.441. The molecule has 0 aliphatic carbocycles. The Morgan fingerprint density at radius 1 is 0.684 bits per heavy atom. The van der Waals surface area contributed by atoms with Crippen LogP contribution in [-0.4, -0.2) is 5.97 Å². The summed E-state index contributed by atoms with van der Waals surface area (Å²) in [7, 11) is 0. The highest BCUT2D eigenvalue weighted by molar-refractivity contribution is 5.85. The number of carbonyl (C=O) groups excluding carboxylic acids is 1. The molecule has 0 radical (unpaired) electrons. The van der Waals surface area contributed by atoms with Crippen molar-refractivity contribution in [1.82, 2.24) is 0 Å². The maximum absolute atomic E-state index is 14.8. The molecule has 0 aliphatic heterocycles. The summed E-state index contributed by atoms with van der Waals surface area (Å²) in [4.78, 5) is 12.5. The van der Waals surface area contributed by atoms with Gasteiger partial charge < -0.3 is 4.74 Å². The Hall–Kier alpha value is -3.01. The van der Waals surface area contributed by atoms with Gasteiger partial charge in [0.2, 0.25) is 0 Å². The molecule has 0 bridgehead atoms. The monoisotopic (exact) mass is 520 g/mol. The molecule has 0 heterocycles. The highest BCUT2D eigenvalue weighted by Gasteiger charge is 2.16. The van der Waals surface area contributed by atoms with Crippen LogP contribution in [0.25, 0.3) is 22.3 Å². The number of esters is 1. The molecule has 0 spiro atoms. The molecule has 3 rings (SSSR count). The standard InChI is InChI=1S/C34H42F2O2/c1-3-5-7-9-11-13-18-33(37)38-28-23-24-29(30-16-14-17-32(35)34(30)36)31(25-28)27-21-19-26(20-22-27)15-12-10-8-6-4-2/h14,16-17,19-25H,3-13,15,18H2,1-2H3. The molecule has 38 heavy (non-hydrogen) atoms. The predicted octanol–water partition coefficient (Wildman–Crippen LogP) is 10.5. The third-order valence-electron chi connectivity index (χ3n) is 7.03. The predicted molar refractivity (Wildman–Crippen MR) is 153 cm³/mol. The number of hydrogen-bond acceptors (Lipinski definition) is 2. The Balaban J connectivity index is 1.77. The fourth-order valence-electron chi connectivity index (χ4n) is 4.79. The first-order valence-corrected chi connectivity index (χ1v) is 14.4. The van der Waals surface area contributed by atoms with Gasteiger partial charge >= 0.3 is 5.97 Å². The van der Waals surface area contributed by atoms with Crippen molar-refractivity contribution in [2.45, 2.75) is 97.3 Å². The molecule has 0 fully saturated rings. The summed E-state index contributed by atoms with van der Waals surface area (Å²) in [6, 6.07) is 17.6. The maximum Gasteiger partial charge on any atom is 0.311 e. The number of benzene rings is 3. The first-order valence-electron chi connectivity index (χ1n) is 14.4. The average Bonchev–Trinajstić information content (AvgIpc) is 2.92. The second kappa shape index (κ2) is 16.1. The van der Waals surface area contributed by atoms with E-state index in [0.29, 0.717) is 23.3 Å². The summed E-state index contributed by atoms with van der Waals surface area (Å²) >= 11 is 0. The van der Waals surface area contributed by atoms with Crippen molar-refractivity contribution in [3.05, 3.63) is 77.9 Å². The number of halogens is 2. The quantitative estimate of drug-likeness (QED) is 0.107. The van der Waals surface area contributed by atoms with Crippen LogP contribution in [0, 0.1) is 11.6 Å². The van der Waals surface area contributed by atoms with E-state index in [1.165, 1.54) is 56.6 Å². The zero-order chi connectivity index (χ0) is 27.2. The largest absolute Gasteiger partial charge is 0.427 e. The van der Waals surface area contributed by atoms with Crippen molar-refractivity contribution in [2.24, 2.45) is 0 Å². The minimum absolute atomic E-state index is 0.185. The molecule has 3 aromatic rings. The van der Waals surface area contributed by atoms with Gasteiger partial charge in [-0.2, -0.15) is 0 Å².